The molecule has 0 radical (unpaired) electrons. The fraction of sp³-hybridized carbons (Fsp3) is 0.0500. The summed E-state index contributed by atoms with van der Waals surface area (Å²) in [5, 5.41) is 0. The molecular formula is C60H45N3. The molecule has 1 heterocycles. The molecule has 0 unspecified atom stereocenters. The van der Waals surface area contributed by atoms with E-state index in [1.54, 1.807) is 0 Å². The molecule has 300 valence electrons. The van der Waals surface area contributed by atoms with Crippen molar-refractivity contribution in [2.24, 2.45) is 0 Å². The van der Waals surface area contributed by atoms with Gasteiger partial charge in [-0.3, -0.25) is 0 Å². The highest BCUT2D eigenvalue weighted by Crippen LogP contribution is 2.35. The van der Waals surface area contributed by atoms with E-state index in [9.17, 15) is 0 Å². The highest BCUT2D eigenvalue weighted by Gasteiger charge is 2.16. The van der Waals surface area contributed by atoms with Gasteiger partial charge < -0.3 is 0 Å². The average molecular weight is 808 g/mol. The first kappa shape index (κ1) is 39.1. The molecule has 0 saturated heterocycles. The Morgan fingerprint density at radius 3 is 0.651 bits per heavy atom. The molecule has 0 aliphatic carbocycles. The van der Waals surface area contributed by atoms with Crippen molar-refractivity contribution in [3.8, 4) is 101 Å². The lowest BCUT2D eigenvalue weighted by atomic mass is 9.95. The number of benzene rings is 9. The molecule has 10 aromatic rings. The van der Waals surface area contributed by atoms with Crippen LogP contribution < -0.4 is 0 Å². The second kappa shape index (κ2) is 17.2. The van der Waals surface area contributed by atoms with Crippen molar-refractivity contribution < 1.29 is 0 Å². The first-order valence-corrected chi connectivity index (χ1v) is 21.5. The first-order valence-electron chi connectivity index (χ1n) is 21.5. The quantitative estimate of drug-likeness (QED) is 0.146. The van der Waals surface area contributed by atoms with Crippen LogP contribution in [0.5, 0.6) is 0 Å². The number of nitrogens with zero attached hydrogens (tertiary/aromatic N) is 3. The van der Waals surface area contributed by atoms with Crippen molar-refractivity contribution in [1.29, 1.82) is 0 Å². The van der Waals surface area contributed by atoms with E-state index >= 15 is 0 Å². The van der Waals surface area contributed by atoms with Crippen molar-refractivity contribution in [2.75, 3.05) is 0 Å². The summed E-state index contributed by atoms with van der Waals surface area (Å²) in [5.41, 5.74) is 20.6. The molecule has 3 heteroatoms. The van der Waals surface area contributed by atoms with Crippen LogP contribution in [0, 0.1) is 20.8 Å². The zero-order valence-electron chi connectivity index (χ0n) is 35.6. The fourth-order valence-corrected chi connectivity index (χ4v) is 8.56. The molecule has 0 amide bonds. The number of aryl methyl sites for hydroxylation is 3. The molecule has 0 atom stereocenters. The van der Waals surface area contributed by atoms with E-state index < -0.39 is 0 Å². The first-order chi connectivity index (χ1) is 30.9. The molecule has 0 saturated carbocycles. The summed E-state index contributed by atoms with van der Waals surface area (Å²) < 4.78 is 0. The predicted octanol–water partition coefficient (Wildman–Crippen LogP) is 15.8. The van der Waals surface area contributed by atoms with Crippen LogP contribution in [-0.4, -0.2) is 15.0 Å². The second-order valence-corrected chi connectivity index (χ2v) is 16.2. The van der Waals surface area contributed by atoms with Gasteiger partial charge >= 0.3 is 0 Å². The Bertz CT molecular complexity index is 2830. The van der Waals surface area contributed by atoms with Gasteiger partial charge in [-0.15, -0.1) is 0 Å². The Morgan fingerprint density at radius 2 is 0.413 bits per heavy atom. The lowest BCUT2D eigenvalue weighted by molar-refractivity contribution is 1.07. The molecule has 0 bridgehead atoms. The summed E-state index contributed by atoms with van der Waals surface area (Å²) >= 11 is 0. The Kier molecular flexibility index (Phi) is 10.7. The zero-order valence-corrected chi connectivity index (χ0v) is 35.6. The third-order valence-corrected chi connectivity index (χ3v) is 12.0. The maximum Gasteiger partial charge on any atom is 0.164 e. The van der Waals surface area contributed by atoms with Crippen LogP contribution in [0.15, 0.2) is 218 Å². The van der Waals surface area contributed by atoms with Crippen molar-refractivity contribution in [3.05, 3.63) is 235 Å². The Balaban J connectivity index is 1.01. The Morgan fingerprint density at radius 1 is 0.206 bits per heavy atom. The van der Waals surface area contributed by atoms with E-state index in [1.807, 2.05) is 0 Å². The second-order valence-electron chi connectivity index (χ2n) is 16.2. The summed E-state index contributed by atoms with van der Waals surface area (Å²) in [7, 11) is 0. The summed E-state index contributed by atoms with van der Waals surface area (Å²) in [5.74, 6) is 1.92. The van der Waals surface area contributed by atoms with Crippen LogP contribution in [0.2, 0.25) is 0 Å². The molecule has 0 spiro atoms. The predicted molar refractivity (Wildman–Crippen MR) is 263 cm³/mol. The van der Waals surface area contributed by atoms with Crippen LogP contribution in [-0.2, 0) is 0 Å². The third kappa shape index (κ3) is 8.25. The number of hydrogen-bond donors (Lipinski definition) is 0. The maximum absolute atomic E-state index is 5.18. The minimum absolute atomic E-state index is 0.639. The highest BCUT2D eigenvalue weighted by atomic mass is 15.0. The van der Waals surface area contributed by atoms with E-state index in [0.29, 0.717) is 17.5 Å². The molecule has 9 aromatic carbocycles. The smallest absolute Gasteiger partial charge is 0.164 e. The van der Waals surface area contributed by atoms with Crippen LogP contribution >= 0.6 is 0 Å². The largest absolute Gasteiger partial charge is 0.208 e. The lowest BCUT2D eigenvalue weighted by Gasteiger charge is -2.14. The molecule has 0 fully saturated rings. The van der Waals surface area contributed by atoms with Gasteiger partial charge in [0, 0.05) is 16.7 Å². The van der Waals surface area contributed by atoms with Crippen molar-refractivity contribution in [2.45, 2.75) is 20.8 Å². The van der Waals surface area contributed by atoms with E-state index in [-0.39, 0.29) is 0 Å². The fourth-order valence-electron chi connectivity index (χ4n) is 8.56. The normalized spacial score (nSPS) is 11.1. The number of aromatic nitrogens is 3. The minimum Gasteiger partial charge on any atom is -0.208 e. The van der Waals surface area contributed by atoms with Gasteiger partial charge in [0.1, 0.15) is 0 Å². The molecule has 0 aliphatic heterocycles. The highest BCUT2D eigenvalue weighted by molar-refractivity contribution is 5.79. The topological polar surface area (TPSA) is 38.7 Å². The number of hydrogen-bond acceptors (Lipinski definition) is 3. The standard InChI is InChI=1S/C60H45N3/c1-40-37-52(31-34-55(40)49-25-19-46(20-26-49)43-13-7-4-8-14-43)58-61-59(53-32-35-56(41(2)38-53)50-27-21-47(22-28-50)44-15-9-5-10-16-44)63-60(62-58)54-33-36-57(42(3)39-54)51-29-23-48(24-30-51)45-17-11-6-12-18-45/h4-39H,1-3H3. The monoisotopic (exact) mass is 807 g/mol. The van der Waals surface area contributed by atoms with Crippen LogP contribution in [0.4, 0.5) is 0 Å². The van der Waals surface area contributed by atoms with Crippen LogP contribution in [0.3, 0.4) is 0 Å². The molecule has 0 N–H and O–H groups in total. The van der Waals surface area contributed by atoms with E-state index in [4.69, 9.17) is 15.0 Å². The third-order valence-electron chi connectivity index (χ3n) is 12.0. The lowest BCUT2D eigenvalue weighted by Crippen LogP contribution is -2.01. The van der Waals surface area contributed by atoms with Crippen molar-refractivity contribution >= 4 is 0 Å². The van der Waals surface area contributed by atoms with Gasteiger partial charge in [0.15, 0.2) is 17.5 Å². The Hall–Kier alpha value is -8.01. The van der Waals surface area contributed by atoms with Gasteiger partial charge in [-0.25, -0.2) is 15.0 Å². The molecular weight excluding hydrogens is 763 g/mol. The van der Waals surface area contributed by atoms with E-state index in [2.05, 4.69) is 239 Å². The van der Waals surface area contributed by atoms with Gasteiger partial charge in [0.25, 0.3) is 0 Å². The maximum atomic E-state index is 5.18. The molecule has 1 aromatic heterocycles. The van der Waals surface area contributed by atoms with Gasteiger partial charge in [-0.2, -0.15) is 0 Å². The van der Waals surface area contributed by atoms with Gasteiger partial charge in [-0.1, -0.05) is 200 Å². The van der Waals surface area contributed by atoms with Crippen LogP contribution in [0.1, 0.15) is 16.7 Å². The summed E-state index contributed by atoms with van der Waals surface area (Å²) in [4.78, 5) is 15.5. The van der Waals surface area contributed by atoms with Gasteiger partial charge in [-0.05, 0) is 122 Å². The Labute approximate surface area is 370 Å². The summed E-state index contributed by atoms with van der Waals surface area (Å²) in [6, 6.07) is 77.5. The average Bonchev–Trinajstić information content (AvgIpc) is 3.35. The summed E-state index contributed by atoms with van der Waals surface area (Å²) in [6.07, 6.45) is 0. The number of rotatable bonds is 9. The zero-order chi connectivity index (χ0) is 42.7. The summed E-state index contributed by atoms with van der Waals surface area (Å²) in [6.45, 7) is 6.49. The minimum atomic E-state index is 0.639. The van der Waals surface area contributed by atoms with Crippen molar-refractivity contribution in [3.63, 3.8) is 0 Å². The van der Waals surface area contributed by atoms with E-state index in [1.165, 1.54) is 66.8 Å². The molecule has 3 nitrogen and oxygen atoms in total. The SMILES string of the molecule is Cc1cc(-c2nc(-c3ccc(-c4ccc(-c5ccccc5)cc4)c(C)c3)nc(-c3ccc(-c4ccc(-c5ccccc5)cc4)c(C)c3)n2)ccc1-c1ccc(-c2ccccc2)cc1. The van der Waals surface area contributed by atoms with Crippen LogP contribution in [0.25, 0.3) is 101 Å². The molecule has 63 heavy (non-hydrogen) atoms. The van der Waals surface area contributed by atoms with Gasteiger partial charge in [0.2, 0.25) is 0 Å². The van der Waals surface area contributed by atoms with E-state index in [0.717, 1.165) is 33.4 Å². The van der Waals surface area contributed by atoms with Crippen molar-refractivity contribution in [1.82, 2.24) is 15.0 Å². The van der Waals surface area contributed by atoms with Gasteiger partial charge in [0.05, 0.1) is 0 Å². The molecule has 10 rings (SSSR count). The molecule has 0 aliphatic rings.